The molecule has 2 N–H and O–H groups in total. The number of ketones is 1. The van der Waals surface area contributed by atoms with Crippen molar-refractivity contribution < 1.29 is 14.3 Å². The number of aryl methyl sites for hydroxylation is 1. The van der Waals surface area contributed by atoms with E-state index in [0.717, 1.165) is 30.8 Å². The van der Waals surface area contributed by atoms with E-state index in [1.54, 1.807) is 24.3 Å². The summed E-state index contributed by atoms with van der Waals surface area (Å²) in [6.07, 6.45) is 1.91. The predicted molar refractivity (Wildman–Crippen MR) is 81.1 cm³/mol. The fraction of sp³-hybridized carbons (Fsp3) is 0.235. The van der Waals surface area contributed by atoms with Crippen LogP contribution in [0.3, 0.4) is 0 Å². The van der Waals surface area contributed by atoms with Gasteiger partial charge in [0.1, 0.15) is 5.75 Å². The Hall–Kier alpha value is -2.49. The van der Waals surface area contributed by atoms with Crippen molar-refractivity contribution in [3.05, 3.63) is 53.1 Å². The van der Waals surface area contributed by atoms with Gasteiger partial charge in [0.25, 0.3) is 0 Å². The zero-order valence-corrected chi connectivity index (χ0v) is 11.9. The van der Waals surface area contributed by atoms with Crippen LogP contribution in [0.25, 0.3) is 0 Å². The van der Waals surface area contributed by atoms with Crippen LogP contribution in [0.2, 0.25) is 0 Å². The normalized spacial score (nSPS) is 13.2. The zero-order chi connectivity index (χ0) is 14.8. The van der Waals surface area contributed by atoms with Crippen molar-refractivity contribution in [3.63, 3.8) is 0 Å². The Bertz CT molecular complexity index is 694. The summed E-state index contributed by atoms with van der Waals surface area (Å²) in [4.78, 5) is 12.7. The Balaban J connectivity index is 2.01. The first-order valence-electron chi connectivity index (χ1n) is 6.93. The topological polar surface area (TPSA) is 61.5 Å². The lowest BCUT2D eigenvalue weighted by Crippen LogP contribution is -2.11. The Morgan fingerprint density at radius 2 is 2.14 bits per heavy atom. The number of carbonyl (C=O) groups is 1. The summed E-state index contributed by atoms with van der Waals surface area (Å²) in [5.41, 5.74) is 8.51. The first kappa shape index (κ1) is 13.5. The third-order valence-electron chi connectivity index (χ3n) is 3.66. The number of fused-ring (bicyclic) bond motifs is 1. The number of nitrogens with two attached hydrogens (primary N) is 1. The van der Waals surface area contributed by atoms with Crippen LogP contribution in [0.15, 0.2) is 36.4 Å². The van der Waals surface area contributed by atoms with Gasteiger partial charge in [-0.25, -0.2) is 0 Å². The van der Waals surface area contributed by atoms with E-state index in [1.807, 2.05) is 12.1 Å². The highest BCUT2D eigenvalue weighted by molar-refractivity contribution is 6.11. The van der Waals surface area contributed by atoms with Gasteiger partial charge in [0, 0.05) is 5.56 Å². The minimum atomic E-state index is -0.0903. The maximum atomic E-state index is 12.7. The average Bonchev–Trinajstić information content (AvgIpc) is 2.53. The molecule has 0 saturated carbocycles. The van der Waals surface area contributed by atoms with Crippen molar-refractivity contribution in [1.82, 2.24) is 0 Å². The highest BCUT2D eigenvalue weighted by Crippen LogP contribution is 2.30. The molecule has 108 valence electrons. The van der Waals surface area contributed by atoms with Gasteiger partial charge in [0.15, 0.2) is 11.5 Å². The van der Waals surface area contributed by atoms with Gasteiger partial charge in [0.2, 0.25) is 0 Å². The number of ether oxygens (including phenoxy) is 2. The summed E-state index contributed by atoms with van der Waals surface area (Å²) >= 11 is 0. The van der Waals surface area contributed by atoms with Crippen LogP contribution in [0.4, 0.5) is 5.69 Å². The third-order valence-corrected chi connectivity index (χ3v) is 3.66. The monoisotopic (exact) mass is 283 g/mol. The number of benzene rings is 2. The van der Waals surface area contributed by atoms with E-state index in [2.05, 4.69) is 0 Å². The molecule has 3 rings (SSSR count). The van der Waals surface area contributed by atoms with Gasteiger partial charge in [-0.2, -0.15) is 0 Å². The number of methoxy groups -OCH3 is 1. The molecule has 0 aromatic heterocycles. The lowest BCUT2D eigenvalue weighted by molar-refractivity contribution is 0.103. The molecule has 0 atom stereocenters. The van der Waals surface area contributed by atoms with Crippen molar-refractivity contribution in [2.75, 3.05) is 19.5 Å². The molecule has 0 fully saturated rings. The van der Waals surface area contributed by atoms with Crippen molar-refractivity contribution in [1.29, 1.82) is 0 Å². The van der Waals surface area contributed by atoms with E-state index in [-0.39, 0.29) is 5.78 Å². The maximum absolute atomic E-state index is 12.7. The molecule has 0 amide bonds. The molecule has 2 aromatic carbocycles. The Morgan fingerprint density at radius 1 is 1.29 bits per heavy atom. The quantitative estimate of drug-likeness (QED) is 0.695. The Morgan fingerprint density at radius 3 is 2.95 bits per heavy atom. The van der Waals surface area contributed by atoms with Crippen LogP contribution in [0.1, 0.15) is 27.9 Å². The van der Waals surface area contributed by atoms with Crippen LogP contribution >= 0.6 is 0 Å². The SMILES string of the molecule is COc1c(N)cccc1C(=O)c1ccc2c(c1)CCCO2. The summed E-state index contributed by atoms with van der Waals surface area (Å²) in [6.45, 7) is 0.739. The molecule has 1 heterocycles. The predicted octanol–water partition coefficient (Wildman–Crippen LogP) is 2.83. The summed E-state index contributed by atoms with van der Waals surface area (Å²) in [5.74, 6) is 1.21. The van der Waals surface area contributed by atoms with E-state index in [4.69, 9.17) is 15.2 Å². The fourth-order valence-corrected chi connectivity index (χ4v) is 2.62. The number of para-hydroxylation sites is 1. The molecule has 4 nitrogen and oxygen atoms in total. The molecule has 0 radical (unpaired) electrons. The number of hydrogen-bond donors (Lipinski definition) is 1. The largest absolute Gasteiger partial charge is 0.494 e. The fourth-order valence-electron chi connectivity index (χ4n) is 2.62. The van der Waals surface area contributed by atoms with Crippen LogP contribution in [0.5, 0.6) is 11.5 Å². The zero-order valence-electron chi connectivity index (χ0n) is 11.9. The molecule has 0 aliphatic carbocycles. The molecule has 1 aliphatic heterocycles. The summed E-state index contributed by atoms with van der Waals surface area (Å²) in [7, 11) is 1.52. The lowest BCUT2D eigenvalue weighted by atomic mass is 9.97. The minimum absolute atomic E-state index is 0.0903. The van der Waals surface area contributed by atoms with Crippen LogP contribution in [0, 0.1) is 0 Å². The molecule has 2 aromatic rings. The lowest BCUT2D eigenvalue weighted by Gasteiger charge is -2.18. The van der Waals surface area contributed by atoms with Gasteiger partial charge in [-0.05, 0) is 48.7 Å². The van der Waals surface area contributed by atoms with Gasteiger partial charge in [-0.15, -0.1) is 0 Å². The second-order valence-electron chi connectivity index (χ2n) is 5.03. The van der Waals surface area contributed by atoms with E-state index >= 15 is 0 Å². The first-order valence-corrected chi connectivity index (χ1v) is 6.93. The third kappa shape index (κ3) is 2.44. The molecule has 0 saturated heterocycles. The highest BCUT2D eigenvalue weighted by atomic mass is 16.5. The molecule has 0 unspecified atom stereocenters. The maximum Gasteiger partial charge on any atom is 0.196 e. The molecule has 0 spiro atoms. The Kier molecular flexibility index (Phi) is 3.52. The van der Waals surface area contributed by atoms with E-state index < -0.39 is 0 Å². The number of rotatable bonds is 3. The van der Waals surface area contributed by atoms with Crippen LogP contribution < -0.4 is 15.2 Å². The van der Waals surface area contributed by atoms with Crippen LogP contribution in [-0.2, 0) is 6.42 Å². The second-order valence-corrected chi connectivity index (χ2v) is 5.03. The van der Waals surface area contributed by atoms with Crippen molar-refractivity contribution >= 4 is 11.5 Å². The smallest absolute Gasteiger partial charge is 0.196 e. The van der Waals surface area contributed by atoms with Gasteiger partial charge in [-0.1, -0.05) is 6.07 Å². The van der Waals surface area contributed by atoms with Gasteiger partial charge in [-0.3, -0.25) is 4.79 Å². The number of carbonyl (C=O) groups excluding carboxylic acids is 1. The molecule has 1 aliphatic rings. The van der Waals surface area contributed by atoms with Gasteiger partial charge >= 0.3 is 0 Å². The summed E-state index contributed by atoms with van der Waals surface area (Å²) < 4.78 is 10.8. The van der Waals surface area contributed by atoms with Crippen LogP contribution in [-0.4, -0.2) is 19.5 Å². The molecule has 0 bridgehead atoms. The average molecular weight is 283 g/mol. The Labute approximate surface area is 123 Å². The summed E-state index contributed by atoms with van der Waals surface area (Å²) in [5, 5.41) is 0. The number of anilines is 1. The summed E-state index contributed by atoms with van der Waals surface area (Å²) in [6, 6.07) is 10.8. The standard InChI is InChI=1S/C17H17NO3/c1-20-17-13(5-2-6-14(17)18)16(19)12-7-8-15-11(10-12)4-3-9-21-15/h2,5-8,10H,3-4,9,18H2,1H3. The van der Waals surface area contributed by atoms with Gasteiger partial charge in [0.05, 0.1) is 25.0 Å². The molecular weight excluding hydrogens is 266 g/mol. The second kappa shape index (κ2) is 5.48. The highest BCUT2D eigenvalue weighted by Gasteiger charge is 2.18. The van der Waals surface area contributed by atoms with E-state index in [0.29, 0.717) is 22.6 Å². The van der Waals surface area contributed by atoms with E-state index in [9.17, 15) is 4.79 Å². The first-order chi connectivity index (χ1) is 10.2. The van der Waals surface area contributed by atoms with Crippen molar-refractivity contribution in [2.45, 2.75) is 12.8 Å². The van der Waals surface area contributed by atoms with Gasteiger partial charge < -0.3 is 15.2 Å². The molecule has 4 heteroatoms. The number of hydrogen-bond acceptors (Lipinski definition) is 4. The molecule has 21 heavy (non-hydrogen) atoms. The minimum Gasteiger partial charge on any atom is -0.494 e. The molecular formula is C17H17NO3. The number of nitrogen functional groups attached to an aromatic ring is 1. The van der Waals surface area contributed by atoms with Crippen molar-refractivity contribution in [3.8, 4) is 11.5 Å². The van der Waals surface area contributed by atoms with E-state index in [1.165, 1.54) is 7.11 Å². The van der Waals surface area contributed by atoms with Crippen molar-refractivity contribution in [2.24, 2.45) is 0 Å².